The van der Waals surface area contributed by atoms with Crippen LogP contribution in [0.3, 0.4) is 0 Å². The van der Waals surface area contributed by atoms with Gasteiger partial charge in [0, 0.05) is 11.8 Å². The fourth-order valence-electron chi connectivity index (χ4n) is 1.17. The number of nitrogens with zero attached hydrogens (tertiary/aromatic N) is 1. The molecule has 1 aromatic carbocycles. The molecule has 6 heteroatoms. The molecule has 92 valence electrons. The summed E-state index contributed by atoms with van der Waals surface area (Å²) in [6.45, 7) is 0.370. The minimum atomic E-state index is -0.479. The predicted octanol–water partition coefficient (Wildman–Crippen LogP) is 2.47. The van der Waals surface area contributed by atoms with Gasteiger partial charge in [0.15, 0.2) is 11.5 Å². The molecule has 0 aromatic heterocycles. The van der Waals surface area contributed by atoms with Crippen LogP contribution in [0.5, 0.6) is 11.5 Å². The number of ether oxygens (including phenoxy) is 2. The highest BCUT2D eigenvalue weighted by Crippen LogP contribution is 2.30. The molecular formula is C11H13NO4S. The van der Waals surface area contributed by atoms with Crippen molar-refractivity contribution < 1.29 is 14.4 Å². The van der Waals surface area contributed by atoms with Gasteiger partial charge in [-0.25, -0.2) is 0 Å². The van der Waals surface area contributed by atoms with Crippen molar-refractivity contribution in [1.29, 1.82) is 0 Å². The SMILES string of the molecule is COc1cc([N+](=O)[O-])ccc1OCC=CCS. The van der Waals surface area contributed by atoms with Gasteiger partial charge in [0.2, 0.25) is 0 Å². The second-order valence-electron chi connectivity index (χ2n) is 3.06. The molecular weight excluding hydrogens is 242 g/mol. The standard InChI is InChI=1S/C11H13NO4S/c1-15-11-8-9(12(13)14)4-5-10(11)16-6-2-3-7-17/h2-5,8,17H,6-7H2,1H3. The Bertz CT molecular complexity index is 420. The van der Waals surface area contributed by atoms with E-state index in [0.29, 0.717) is 23.9 Å². The molecule has 0 amide bonds. The highest BCUT2D eigenvalue weighted by molar-refractivity contribution is 7.80. The molecule has 17 heavy (non-hydrogen) atoms. The minimum Gasteiger partial charge on any atom is -0.493 e. The van der Waals surface area contributed by atoms with Gasteiger partial charge in [-0.3, -0.25) is 10.1 Å². The van der Waals surface area contributed by atoms with Crippen LogP contribution in [-0.4, -0.2) is 24.4 Å². The van der Waals surface area contributed by atoms with Crippen molar-refractivity contribution in [3.63, 3.8) is 0 Å². The Morgan fingerprint density at radius 1 is 1.41 bits per heavy atom. The Kier molecular flexibility index (Phi) is 5.35. The largest absolute Gasteiger partial charge is 0.493 e. The van der Waals surface area contributed by atoms with Crippen LogP contribution in [0.25, 0.3) is 0 Å². The number of hydrogen-bond donors (Lipinski definition) is 1. The van der Waals surface area contributed by atoms with Crippen LogP contribution < -0.4 is 9.47 Å². The number of rotatable bonds is 6. The van der Waals surface area contributed by atoms with Crippen molar-refractivity contribution in [2.45, 2.75) is 0 Å². The summed E-state index contributed by atoms with van der Waals surface area (Å²) in [4.78, 5) is 10.1. The zero-order chi connectivity index (χ0) is 12.7. The average molecular weight is 255 g/mol. The van der Waals surface area contributed by atoms with E-state index in [2.05, 4.69) is 12.6 Å². The first-order chi connectivity index (χ1) is 8.19. The summed E-state index contributed by atoms with van der Waals surface area (Å²) >= 11 is 4.01. The third-order valence-electron chi connectivity index (χ3n) is 1.97. The number of thiol groups is 1. The Balaban J connectivity index is 2.78. The van der Waals surface area contributed by atoms with Gasteiger partial charge in [-0.2, -0.15) is 12.6 Å². The molecule has 0 fully saturated rings. The summed E-state index contributed by atoms with van der Waals surface area (Å²) in [6.07, 6.45) is 3.66. The number of benzene rings is 1. The van der Waals surface area contributed by atoms with E-state index in [4.69, 9.17) is 9.47 Å². The second kappa shape index (κ2) is 6.80. The van der Waals surface area contributed by atoms with Crippen molar-refractivity contribution >= 4 is 18.3 Å². The van der Waals surface area contributed by atoms with Crippen molar-refractivity contribution in [1.82, 2.24) is 0 Å². The van der Waals surface area contributed by atoms with E-state index < -0.39 is 4.92 Å². The summed E-state index contributed by atoms with van der Waals surface area (Å²) in [5, 5.41) is 10.6. The first-order valence-corrected chi connectivity index (χ1v) is 5.53. The lowest BCUT2D eigenvalue weighted by atomic mass is 10.3. The van der Waals surface area contributed by atoms with E-state index >= 15 is 0 Å². The quantitative estimate of drug-likeness (QED) is 0.367. The lowest BCUT2D eigenvalue weighted by Crippen LogP contribution is -1.97. The maximum Gasteiger partial charge on any atom is 0.273 e. The molecule has 0 aliphatic rings. The summed E-state index contributed by atoms with van der Waals surface area (Å²) in [6, 6.07) is 4.23. The summed E-state index contributed by atoms with van der Waals surface area (Å²) < 4.78 is 10.4. The topological polar surface area (TPSA) is 61.6 Å². The molecule has 0 N–H and O–H groups in total. The predicted molar refractivity (Wildman–Crippen MR) is 68.1 cm³/mol. The number of non-ortho nitro benzene ring substituents is 1. The van der Waals surface area contributed by atoms with E-state index in [-0.39, 0.29) is 5.69 Å². The van der Waals surface area contributed by atoms with Gasteiger partial charge < -0.3 is 9.47 Å². The molecule has 0 heterocycles. The smallest absolute Gasteiger partial charge is 0.273 e. The van der Waals surface area contributed by atoms with E-state index in [1.807, 2.05) is 12.2 Å². The van der Waals surface area contributed by atoms with Crippen molar-refractivity contribution in [3.8, 4) is 11.5 Å². The third kappa shape index (κ3) is 3.99. The van der Waals surface area contributed by atoms with Gasteiger partial charge >= 0.3 is 0 Å². The van der Waals surface area contributed by atoms with Gasteiger partial charge in [-0.1, -0.05) is 12.2 Å². The highest BCUT2D eigenvalue weighted by atomic mass is 32.1. The van der Waals surface area contributed by atoms with Gasteiger partial charge in [0.05, 0.1) is 18.1 Å². The van der Waals surface area contributed by atoms with Crippen LogP contribution in [-0.2, 0) is 0 Å². The molecule has 1 aromatic rings. The Morgan fingerprint density at radius 3 is 2.76 bits per heavy atom. The molecule has 0 saturated carbocycles. The van der Waals surface area contributed by atoms with Crippen LogP contribution in [0.15, 0.2) is 30.4 Å². The fraction of sp³-hybridized carbons (Fsp3) is 0.273. The Hall–Kier alpha value is -1.69. The Labute approximate surface area is 105 Å². The monoisotopic (exact) mass is 255 g/mol. The summed E-state index contributed by atoms with van der Waals surface area (Å²) in [5.41, 5.74) is -0.0277. The lowest BCUT2D eigenvalue weighted by Gasteiger charge is -2.08. The minimum absolute atomic E-state index is 0.0277. The zero-order valence-electron chi connectivity index (χ0n) is 9.33. The highest BCUT2D eigenvalue weighted by Gasteiger charge is 2.11. The van der Waals surface area contributed by atoms with Crippen LogP contribution >= 0.6 is 12.6 Å². The fourth-order valence-corrected chi connectivity index (χ4v) is 1.32. The van der Waals surface area contributed by atoms with Crippen LogP contribution in [0, 0.1) is 10.1 Å². The van der Waals surface area contributed by atoms with Crippen molar-refractivity contribution in [2.75, 3.05) is 19.5 Å². The average Bonchev–Trinajstić information content (AvgIpc) is 2.34. The molecule has 0 spiro atoms. The second-order valence-corrected chi connectivity index (χ2v) is 3.42. The molecule has 0 aliphatic carbocycles. The maximum atomic E-state index is 10.6. The van der Waals surface area contributed by atoms with Gasteiger partial charge in [-0.05, 0) is 6.07 Å². The molecule has 0 aliphatic heterocycles. The maximum absolute atomic E-state index is 10.6. The number of methoxy groups -OCH3 is 1. The van der Waals surface area contributed by atoms with Crippen molar-refractivity contribution in [3.05, 3.63) is 40.5 Å². The molecule has 0 bridgehead atoms. The van der Waals surface area contributed by atoms with Crippen molar-refractivity contribution in [2.24, 2.45) is 0 Å². The molecule has 1 rings (SSSR count). The van der Waals surface area contributed by atoms with E-state index in [1.54, 1.807) is 0 Å². The lowest BCUT2D eigenvalue weighted by molar-refractivity contribution is -0.384. The zero-order valence-corrected chi connectivity index (χ0v) is 10.2. The van der Waals surface area contributed by atoms with E-state index in [0.717, 1.165) is 0 Å². The molecule has 5 nitrogen and oxygen atoms in total. The molecule has 0 atom stereocenters. The molecule has 0 unspecified atom stereocenters. The Morgan fingerprint density at radius 2 is 2.18 bits per heavy atom. The molecule has 0 saturated heterocycles. The van der Waals surface area contributed by atoms with E-state index in [1.165, 1.54) is 25.3 Å². The van der Waals surface area contributed by atoms with Gasteiger partial charge in [0.25, 0.3) is 5.69 Å². The first-order valence-electron chi connectivity index (χ1n) is 4.90. The third-order valence-corrected chi connectivity index (χ3v) is 2.18. The summed E-state index contributed by atoms with van der Waals surface area (Å²) in [7, 11) is 1.44. The van der Waals surface area contributed by atoms with Gasteiger partial charge in [-0.15, -0.1) is 0 Å². The number of nitro groups is 1. The van der Waals surface area contributed by atoms with Crippen LogP contribution in [0.4, 0.5) is 5.69 Å². The first kappa shape index (κ1) is 13.4. The normalized spacial score (nSPS) is 10.5. The summed E-state index contributed by atoms with van der Waals surface area (Å²) in [5.74, 6) is 1.46. The number of hydrogen-bond acceptors (Lipinski definition) is 5. The molecule has 0 radical (unpaired) electrons. The van der Waals surface area contributed by atoms with Gasteiger partial charge in [0.1, 0.15) is 6.61 Å². The van der Waals surface area contributed by atoms with E-state index in [9.17, 15) is 10.1 Å². The van der Waals surface area contributed by atoms with Crippen LogP contribution in [0.2, 0.25) is 0 Å². The van der Waals surface area contributed by atoms with Crippen LogP contribution in [0.1, 0.15) is 0 Å². The number of nitro benzene ring substituents is 1.